The Bertz CT molecular complexity index is 552. The highest BCUT2D eigenvalue weighted by molar-refractivity contribution is 9.10. The first-order valence-corrected chi connectivity index (χ1v) is 7.39. The lowest BCUT2D eigenvalue weighted by Crippen LogP contribution is -2.45. The number of carboxylic acids is 1. The summed E-state index contributed by atoms with van der Waals surface area (Å²) in [5, 5.41) is 11.6. The molecule has 22 heavy (non-hydrogen) atoms. The Morgan fingerprint density at radius 2 is 2.23 bits per heavy atom. The summed E-state index contributed by atoms with van der Waals surface area (Å²) in [5.41, 5.74) is 0. The van der Waals surface area contributed by atoms with Gasteiger partial charge in [-0.05, 0) is 18.2 Å². The van der Waals surface area contributed by atoms with Crippen LogP contribution < -0.4 is 10.1 Å². The summed E-state index contributed by atoms with van der Waals surface area (Å²) in [4.78, 5) is 22.7. The van der Waals surface area contributed by atoms with Gasteiger partial charge < -0.3 is 19.9 Å². The van der Waals surface area contributed by atoms with E-state index in [0.717, 1.165) is 4.47 Å². The summed E-state index contributed by atoms with van der Waals surface area (Å²) in [6, 6.07) is 3.78. The van der Waals surface area contributed by atoms with E-state index in [9.17, 15) is 9.59 Å². The molecule has 2 N–H and O–H groups in total. The van der Waals surface area contributed by atoms with E-state index in [1.807, 2.05) is 0 Å². The van der Waals surface area contributed by atoms with Gasteiger partial charge in [0.25, 0.3) is 5.91 Å². The number of carboxylic acid groups (broad SMARTS) is 1. The lowest BCUT2D eigenvalue weighted by atomic mass is 10.3. The van der Waals surface area contributed by atoms with Crippen LogP contribution >= 0.6 is 27.5 Å². The van der Waals surface area contributed by atoms with Gasteiger partial charge in [0, 0.05) is 4.47 Å². The van der Waals surface area contributed by atoms with Crippen LogP contribution in [0.4, 0.5) is 0 Å². The summed E-state index contributed by atoms with van der Waals surface area (Å²) in [6.45, 7) is 3.13. The van der Waals surface area contributed by atoms with Crippen molar-refractivity contribution in [1.82, 2.24) is 5.32 Å². The van der Waals surface area contributed by atoms with Crippen LogP contribution in [0.1, 0.15) is 0 Å². The third-order valence-electron chi connectivity index (χ3n) is 2.41. The van der Waals surface area contributed by atoms with E-state index in [2.05, 4.69) is 27.8 Å². The number of benzene rings is 1. The van der Waals surface area contributed by atoms with Gasteiger partial charge in [-0.2, -0.15) is 0 Å². The molecule has 0 radical (unpaired) electrons. The van der Waals surface area contributed by atoms with E-state index in [1.54, 1.807) is 18.2 Å². The molecule has 1 aromatic carbocycles. The summed E-state index contributed by atoms with van der Waals surface area (Å²) >= 11 is 9.19. The quantitative estimate of drug-likeness (QED) is 0.497. The summed E-state index contributed by atoms with van der Waals surface area (Å²) in [7, 11) is 0. The molecular formula is C14H15BrClNO5. The molecule has 0 fully saturated rings. The first kappa shape index (κ1) is 18.5. The van der Waals surface area contributed by atoms with Crippen molar-refractivity contribution in [2.45, 2.75) is 6.04 Å². The van der Waals surface area contributed by atoms with Crippen molar-refractivity contribution < 1.29 is 24.2 Å². The molecular weight excluding hydrogens is 378 g/mol. The first-order chi connectivity index (χ1) is 10.4. The fraction of sp³-hybridized carbons (Fsp3) is 0.286. The van der Waals surface area contributed by atoms with Crippen LogP contribution in [-0.4, -0.2) is 42.8 Å². The molecule has 0 aliphatic rings. The Kier molecular flexibility index (Phi) is 7.94. The molecule has 1 aromatic rings. The smallest absolute Gasteiger partial charge is 0.328 e. The largest absolute Gasteiger partial charge is 0.482 e. The molecule has 8 heteroatoms. The van der Waals surface area contributed by atoms with Crippen molar-refractivity contribution in [3.8, 4) is 5.75 Å². The van der Waals surface area contributed by atoms with Crippen LogP contribution in [0.2, 0.25) is 5.02 Å². The van der Waals surface area contributed by atoms with Crippen LogP contribution in [-0.2, 0) is 14.3 Å². The molecule has 6 nitrogen and oxygen atoms in total. The third-order valence-corrected chi connectivity index (χ3v) is 3.19. The maximum absolute atomic E-state index is 11.7. The fourth-order valence-electron chi connectivity index (χ4n) is 1.42. The van der Waals surface area contributed by atoms with Gasteiger partial charge >= 0.3 is 5.97 Å². The van der Waals surface area contributed by atoms with Crippen LogP contribution in [0.5, 0.6) is 5.75 Å². The lowest BCUT2D eigenvalue weighted by Gasteiger charge is -2.15. The van der Waals surface area contributed by atoms with Gasteiger partial charge in [-0.3, -0.25) is 4.79 Å². The topological polar surface area (TPSA) is 84.9 Å². The van der Waals surface area contributed by atoms with Gasteiger partial charge in [0.05, 0.1) is 18.2 Å². The maximum Gasteiger partial charge on any atom is 0.328 e. The van der Waals surface area contributed by atoms with Crippen LogP contribution in [0, 0.1) is 0 Å². The average molecular weight is 393 g/mol. The van der Waals surface area contributed by atoms with E-state index in [-0.39, 0.29) is 19.8 Å². The molecule has 120 valence electrons. The van der Waals surface area contributed by atoms with Gasteiger partial charge in [0.2, 0.25) is 0 Å². The zero-order chi connectivity index (χ0) is 16.5. The van der Waals surface area contributed by atoms with Gasteiger partial charge in [-0.15, -0.1) is 6.58 Å². The minimum Gasteiger partial charge on any atom is -0.482 e. The molecule has 0 spiro atoms. The Labute approximate surface area is 141 Å². The van der Waals surface area contributed by atoms with Crippen molar-refractivity contribution in [3.63, 3.8) is 0 Å². The minimum atomic E-state index is -1.20. The second-order valence-electron chi connectivity index (χ2n) is 4.15. The molecule has 0 saturated heterocycles. The lowest BCUT2D eigenvalue weighted by molar-refractivity contribution is -0.143. The molecule has 0 saturated carbocycles. The number of ether oxygens (including phenoxy) is 2. The zero-order valence-corrected chi connectivity index (χ0v) is 13.9. The number of hydrogen-bond acceptors (Lipinski definition) is 4. The Morgan fingerprint density at radius 3 is 2.82 bits per heavy atom. The van der Waals surface area contributed by atoms with Crippen molar-refractivity contribution in [3.05, 3.63) is 40.3 Å². The number of carbonyl (C=O) groups excluding carboxylic acids is 1. The predicted octanol–water partition coefficient (Wildman–Crippen LogP) is 2.25. The SMILES string of the molecule is C=CCOCC(NC(=O)COc1ccc(Br)cc1Cl)C(=O)O. The molecule has 1 unspecified atom stereocenters. The summed E-state index contributed by atoms with van der Waals surface area (Å²) in [5.74, 6) is -1.46. The molecule has 0 aliphatic carbocycles. The molecule has 0 bridgehead atoms. The molecule has 1 atom stereocenters. The number of hydrogen-bond donors (Lipinski definition) is 2. The highest BCUT2D eigenvalue weighted by Gasteiger charge is 2.20. The monoisotopic (exact) mass is 391 g/mol. The number of aliphatic carboxylic acids is 1. The Hall–Kier alpha value is -1.57. The van der Waals surface area contributed by atoms with Crippen molar-refractivity contribution in [2.75, 3.05) is 19.8 Å². The highest BCUT2D eigenvalue weighted by Crippen LogP contribution is 2.27. The van der Waals surface area contributed by atoms with E-state index >= 15 is 0 Å². The maximum atomic E-state index is 11.7. The Balaban J connectivity index is 2.49. The average Bonchev–Trinajstić information content (AvgIpc) is 2.45. The minimum absolute atomic E-state index is 0.161. The Morgan fingerprint density at radius 1 is 1.50 bits per heavy atom. The zero-order valence-electron chi connectivity index (χ0n) is 11.6. The molecule has 1 amide bonds. The van der Waals surface area contributed by atoms with Gasteiger partial charge in [0.15, 0.2) is 12.6 Å². The molecule has 0 aromatic heterocycles. The normalized spacial score (nSPS) is 11.5. The van der Waals surface area contributed by atoms with Gasteiger partial charge in [0.1, 0.15) is 5.75 Å². The molecule has 0 heterocycles. The van der Waals surface area contributed by atoms with Crippen LogP contribution in [0.3, 0.4) is 0 Å². The predicted molar refractivity (Wildman–Crippen MR) is 85.2 cm³/mol. The fourth-order valence-corrected chi connectivity index (χ4v) is 2.14. The second-order valence-corrected chi connectivity index (χ2v) is 5.47. The number of carbonyl (C=O) groups is 2. The highest BCUT2D eigenvalue weighted by atomic mass is 79.9. The number of halogens is 2. The number of nitrogens with one attached hydrogen (secondary N) is 1. The second kappa shape index (κ2) is 9.45. The number of amides is 1. The molecule has 0 aliphatic heterocycles. The summed E-state index contributed by atoms with van der Waals surface area (Å²) in [6.07, 6.45) is 1.49. The van der Waals surface area contributed by atoms with E-state index < -0.39 is 17.9 Å². The number of rotatable bonds is 9. The van der Waals surface area contributed by atoms with Crippen molar-refractivity contribution >= 4 is 39.4 Å². The molecule has 1 rings (SSSR count). The first-order valence-electron chi connectivity index (χ1n) is 6.22. The third kappa shape index (κ3) is 6.46. The van der Waals surface area contributed by atoms with Gasteiger partial charge in [-0.1, -0.05) is 33.6 Å². The summed E-state index contributed by atoms with van der Waals surface area (Å²) < 4.78 is 11.0. The van der Waals surface area contributed by atoms with Crippen molar-refractivity contribution in [1.29, 1.82) is 0 Å². The van der Waals surface area contributed by atoms with Crippen LogP contribution in [0.25, 0.3) is 0 Å². The van der Waals surface area contributed by atoms with E-state index in [1.165, 1.54) is 6.08 Å². The standard InChI is InChI=1S/C14H15BrClNO5/c1-2-5-21-7-11(14(19)20)17-13(18)8-22-12-4-3-9(15)6-10(12)16/h2-4,6,11H,1,5,7-8H2,(H,17,18)(H,19,20). The van der Waals surface area contributed by atoms with Crippen LogP contribution in [0.15, 0.2) is 35.3 Å². The van der Waals surface area contributed by atoms with Crippen molar-refractivity contribution in [2.24, 2.45) is 0 Å². The van der Waals surface area contributed by atoms with Gasteiger partial charge in [-0.25, -0.2) is 4.79 Å². The van der Waals surface area contributed by atoms with E-state index in [0.29, 0.717) is 10.8 Å². The van der Waals surface area contributed by atoms with E-state index in [4.69, 9.17) is 26.2 Å².